The molecular formula is C23H22NO10P. The molecule has 11 nitrogen and oxygen atoms in total. The third-order valence-corrected chi connectivity index (χ3v) is 7.88. The summed E-state index contributed by atoms with van der Waals surface area (Å²) in [5, 5.41) is 30.3. The molecule has 2 aromatic carbocycles. The number of Topliss-reactive ketones (excluding diaryl/α,β-unsaturated/α-hetero) is 2. The van der Waals surface area contributed by atoms with Gasteiger partial charge in [0.15, 0.2) is 0 Å². The number of rotatable bonds is 10. The largest absolute Gasteiger partial charge is 0.479 e. The van der Waals surface area contributed by atoms with E-state index in [-0.39, 0.29) is 6.42 Å². The molecule has 0 spiro atoms. The third kappa shape index (κ3) is 4.03. The van der Waals surface area contributed by atoms with Gasteiger partial charge in [-0.05, 0) is 6.42 Å². The van der Waals surface area contributed by atoms with E-state index < -0.39 is 64.6 Å². The van der Waals surface area contributed by atoms with Crippen LogP contribution in [-0.4, -0.2) is 60.2 Å². The normalized spacial score (nSPS) is 24.1. The molecule has 0 saturated heterocycles. The molecule has 0 aromatic heterocycles. The van der Waals surface area contributed by atoms with Gasteiger partial charge in [0, 0.05) is 17.0 Å². The average molecular weight is 503 g/mol. The lowest BCUT2D eigenvalue weighted by molar-refractivity contribution is -0.185. The molecule has 5 atom stereocenters. The number of carboxylic acids is 1. The zero-order valence-corrected chi connectivity index (χ0v) is 19.0. The van der Waals surface area contributed by atoms with Crippen molar-refractivity contribution in [1.29, 1.82) is 0 Å². The third-order valence-electron chi connectivity index (χ3n) is 5.90. The summed E-state index contributed by atoms with van der Waals surface area (Å²) in [6, 6.07) is 12.4. The van der Waals surface area contributed by atoms with Crippen molar-refractivity contribution in [2.75, 3.05) is 0 Å². The number of benzene rings is 2. The fraction of sp³-hybridized carbons (Fsp3) is 0.217. The van der Waals surface area contributed by atoms with Crippen molar-refractivity contribution < 1.29 is 48.5 Å². The van der Waals surface area contributed by atoms with Gasteiger partial charge in [-0.25, -0.2) is 14.2 Å². The number of carbonyl (C=O) groups is 4. The minimum absolute atomic E-state index is 0.144. The monoisotopic (exact) mass is 503 g/mol. The Bertz CT molecular complexity index is 1250. The molecule has 3 unspecified atom stereocenters. The quantitative estimate of drug-likeness (QED) is 0.133. The lowest BCUT2D eigenvalue weighted by Crippen LogP contribution is -2.71. The second-order valence-electron chi connectivity index (χ2n) is 8.05. The van der Waals surface area contributed by atoms with E-state index in [1.54, 1.807) is 0 Å². The number of carboxylic acid groups (broad SMARTS) is 1. The number of aliphatic hydroxyl groups is 2. The van der Waals surface area contributed by atoms with E-state index in [2.05, 4.69) is 11.1 Å². The molecule has 2 aromatic rings. The zero-order valence-electron chi connectivity index (χ0n) is 18.1. The molecule has 6 N–H and O–H groups in total. The maximum Gasteiger partial charge on any atom is 0.399 e. The predicted molar refractivity (Wildman–Crippen MR) is 120 cm³/mol. The first-order valence-electron chi connectivity index (χ1n) is 10.1. The Labute approximate surface area is 199 Å². The summed E-state index contributed by atoms with van der Waals surface area (Å²) in [4.78, 5) is 62.2. The smallest absolute Gasteiger partial charge is 0.399 e. The Morgan fingerprint density at radius 2 is 1.40 bits per heavy atom. The number of aliphatic carboxylic acids is 1. The van der Waals surface area contributed by atoms with Crippen LogP contribution in [0.2, 0.25) is 0 Å². The van der Waals surface area contributed by atoms with E-state index >= 15 is 0 Å². The molecule has 1 aliphatic carbocycles. The summed E-state index contributed by atoms with van der Waals surface area (Å²) in [6.45, 7) is 3.43. The summed E-state index contributed by atoms with van der Waals surface area (Å²) >= 11 is 0. The van der Waals surface area contributed by atoms with Crippen LogP contribution in [0.3, 0.4) is 0 Å². The van der Waals surface area contributed by atoms with Crippen molar-refractivity contribution in [1.82, 2.24) is 0 Å². The topological polar surface area (TPSA) is 202 Å². The first kappa shape index (κ1) is 26.1. The Morgan fingerprint density at radius 1 is 0.971 bits per heavy atom. The molecule has 1 saturated carbocycles. The SMILES string of the molecule is C=C[C@@H]1C[C@@]1(N)P(=O)(O)OC(=O)C(O)(C(=O)c1ccccc1)C(O)(C(=O)O)C(=O)c1ccccc1. The van der Waals surface area contributed by atoms with Crippen LogP contribution in [0.4, 0.5) is 0 Å². The first-order valence-corrected chi connectivity index (χ1v) is 11.7. The molecule has 35 heavy (non-hydrogen) atoms. The van der Waals surface area contributed by atoms with Gasteiger partial charge in [-0.3, -0.25) is 9.59 Å². The highest BCUT2D eigenvalue weighted by molar-refractivity contribution is 7.55. The van der Waals surface area contributed by atoms with Crippen molar-refractivity contribution in [2.24, 2.45) is 11.7 Å². The van der Waals surface area contributed by atoms with E-state index in [0.717, 1.165) is 24.3 Å². The summed E-state index contributed by atoms with van der Waals surface area (Å²) in [5.41, 5.74) is -3.54. The predicted octanol–water partition coefficient (Wildman–Crippen LogP) is 0.888. The number of hydrogen-bond donors (Lipinski definition) is 5. The molecule has 0 heterocycles. The van der Waals surface area contributed by atoms with Gasteiger partial charge < -0.3 is 30.5 Å². The van der Waals surface area contributed by atoms with Gasteiger partial charge in [-0.1, -0.05) is 66.7 Å². The zero-order chi connectivity index (χ0) is 26.2. The molecule has 184 valence electrons. The van der Waals surface area contributed by atoms with Crippen LogP contribution in [0.25, 0.3) is 0 Å². The van der Waals surface area contributed by atoms with Gasteiger partial charge in [0.1, 0.15) is 5.28 Å². The molecule has 0 aliphatic heterocycles. The van der Waals surface area contributed by atoms with Crippen molar-refractivity contribution >= 4 is 31.1 Å². The molecule has 1 aliphatic rings. The molecule has 0 bridgehead atoms. The van der Waals surface area contributed by atoms with E-state index in [4.69, 9.17) is 5.73 Å². The highest BCUT2D eigenvalue weighted by Crippen LogP contribution is 2.68. The standard InChI is InChI=1S/C23H22NO10P/c1-2-16-13-21(16,24)35(32,33)34-20(29)23(31,18(26)15-11-7-4-8-12-15)22(30,19(27)28)17(25)14-9-5-3-6-10-14/h2-12,16,30-31H,1,13,24H2,(H,27,28)(H,32,33)/t16-,21-,22?,23?/m1/s1. The minimum atomic E-state index is -5.19. The fourth-order valence-corrected chi connectivity index (χ4v) is 5.07. The summed E-state index contributed by atoms with van der Waals surface area (Å²) in [5.74, 6) is -9.11. The molecule has 3 rings (SSSR count). The van der Waals surface area contributed by atoms with Crippen LogP contribution in [0.1, 0.15) is 27.1 Å². The van der Waals surface area contributed by atoms with Crippen LogP contribution in [0.5, 0.6) is 0 Å². The highest BCUT2D eigenvalue weighted by atomic mass is 31.2. The number of carbonyl (C=O) groups excluding carboxylic acids is 3. The summed E-state index contributed by atoms with van der Waals surface area (Å²) < 4.78 is 17.4. The van der Waals surface area contributed by atoms with Gasteiger partial charge >= 0.3 is 19.5 Å². The molecular weight excluding hydrogens is 481 g/mol. The Hall–Kier alpha value is -3.47. The number of ketones is 2. The van der Waals surface area contributed by atoms with Crippen molar-refractivity contribution in [2.45, 2.75) is 22.9 Å². The van der Waals surface area contributed by atoms with Crippen LogP contribution in [0.15, 0.2) is 73.3 Å². The van der Waals surface area contributed by atoms with Gasteiger partial charge in [0.2, 0.25) is 11.6 Å². The van der Waals surface area contributed by atoms with E-state index in [0.29, 0.717) is 0 Å². The lowest BCUT2D eigenvalue weighted by Gasteiger charge is -2.36. The second kappa shape index (κ2) is 8.95. The van der Waals surface area contributed by atoms with Crippen LogP contribution in [0, 0.1) is 5.92 Å². The lowest BCUT2D eigenvalue weighted by atomic mass is 9.73. The van der Waals surface area contributed by atoms with Crippen molar-refractivity contribution in [3.63, 3.8) is 0 Å². The first-order chi connectivity index (χ1) is 16.3. The van der Waals surface area contributed by atoms with Crippen LogP contribution >= 0.6 is 7.60 Å². The second-order valence-corrected chi connectivity index (χ2v) is 10.1. The average Bonchev–Trinajstić information content (AvgIpc) is 3.55. The van der Waals surface area contributed by atoms with Crippen LogP contribution in [-0.2, 0) is 18.7 Å². The Morgan fingerprint density at radius 3 is 1.77 bits per heavy atom. The number of hydrogen-bond acceptors (Lipinski definition) is 9. The maximum atomic E-state index is 13.3. The molecule has 12 heteroatoms. The van der Waals surface area contributed by atoms with E-state index in [1.807, 2.05) is 0 Å². The minimum Gasteiger partial charge on any atom is -0.479 e. The van der Waals surface area contributed by atoms with Crippen LogP contribution < -0.4 is 5.73 Å². The fourth-order valence-electron chi connectivity index (χ4n) is 3.59. The van der Waals surface area contributed by atoms with Gasteiger partial charge in [0.05, 0.1) is 0 Å². The molecule has 0 radical (unpaired) electrons. The molecule has 1 fully saturated rings. The van der Waals surface area contributed by atoms with Gasteiger partial charge in [0.25, 0.3) is 11.2 Å². The Balaban J connectivity index is 2.19. The van der Waals surface area contributed by atoms with Gasteiger partial charge in [-0.15, -0.1) is 6.58 Å². The van der Waals surface area contributed by atoms with E-state index in [1.165, 1.54) is 42.5 Å². The highest BCUT2D eigenvalue weighted by Gasteiger charge is 2.73. The maximum absolute atomic E-state index is 13.3. The van der Waals surface area contributed by atoms with Crippen molar-refractivity contribution in [3.05, 3.63) is 84.4 Å². The van der Waals surface area contributed by atoms with Gasteiger partial charge in [-0.2, -0.15) is 0 Å². The summed E-state index contributed by atoms with van der Waals surface area (Å²) in [6.07, 6.45) is 1.08. The molecule has 0 amide bonds. The Kier molecular flexibility index (Phi) is 6.69. The number of nitrogens with two attached hydrogens (primary N) is 1. The summed E-state index contributed by atoms with van der Waals surface area (Å²) in [7, 11) is -5.19. The van der Waals surface area contributed by atoms with Crippen molar-refractivity contribution in [3.8, 4) is 0 Å². The van der Waals surface area contributed by atoms with E-state index in [9.17, 15) is 44.0 Å².